The summed E-state index contributed by atoms with van der Waals surface area (Å²) < 4.78 is 120. The first-order valence-electron chi connectivity index (χ1n) is 8.22. The van der Waals surface area contributed by atoms with E-state index in [1.54, 1.807) is 0 Å². The molecule has 0 amide bonds. The van der Waals surface area contributed by atoms with Crippen molar-refractivity contribution in [1.82, 2.24) is 0 Å². The number of hydrogen-bond donors (Lipinski definition) is 0. The quantitative estimate of drug-likeness (QED) is 0.0771. The Kier molecular flexibility index (Phi) is 13.8. The second kappa shape index (κ2) is 15.1. The van der Waals surface area contributed by atoms with Crippen LogP contribution in [0.2, 0.25) is 0 Å². The van der Waals surface area contributed by atoms with Crippen LogP contribution in [0.5, 0.6) is 0 Å². The minimum atomic E-state index is -2.17. The molecule has 0 aromatic heterocycles. The maximum absolute atomic E-state index is 12.0. The maximum atomic E-state index is 12.0. The van der Waals surface area contributed by atoms with Crippen LogP contribution in [0.1, 0.15) is 0 Å². The Hall–Kier alpha value is -2.85. The van der Waals surface area contributed by atoms with Gasteiger partial charge in [0, 0.05) is 0 Å². The van der Waals surface area contributed by atoms with E-state index in [2.05, 4.69) is 0 Å². The molecule has 4 rings (SSSR count). The van der Waals surface area contributed by atoms with E-state index in [1.165, 1.54) is 0 Å². The van der Waals surface area contributed by atoms with Gasteiger partial charge in [0.2, 0.25) is 0 Å². The average molecular weight is 512 g/mol. The molecule has 0 nitrogen and oxygen atoms in total. The van der Waals surface area contributed by atoms with Gasteiger partial charge in [0.1, 0.15) is 0 Å². The van der Waals surface area contributed by atoms with Crippen LogP contribution in [0, 0.1) is 70.3 Å². The van der Waals surface area contributed by atoms with Crippen LogP contribution in [0.25, 0.3) is 0 Å². The van der Waals surface area contributed by atoms with Crippen molar-refractivity contribution in [3.05, 3.63) is 131 Å². The molecule has 0 atom stereocenters. The summed E-state index contributed by atoms with van der Waals surface area (Å²) in [5.41, 5.74) is 0. The molecule has 0 aliphatic heterocycles. The smallest absolute Gasteiger partial charge is 0.278 e. The first kappa shape index (κ1) is 30.2. The Balaban J connectivity index is 0.000000434. The molecule has 33 heavy (non-hydrogen) atoms. The third-order valence-corrected chi connectivity index (χ3v) is 3.09. The van der Waals surface area contributed by atoms with Crippen LogP contribution in [0.3, 0.4) is 0 Å². The normalized spacial score (nSPS) is 9.27. The van der Waals surface area contributed by atoms with Gasteiger partial charge in [0.25, 0.3) is 0 Å². The number of halogens is 10. The van der Waals surface area contributed by atoms with Crippen LogP contribution in [-0.4, -0.2) is 0 Å². The summed E-state index contributed by atoms with van der Waals surface area (Å²) in [6.45, 7) is 0. The van der Waals surface area contributed by atoms with Crippen molar-refractivity contribution in [2.45, 2.75) is 0 Å². The minimum absolute atomic E-state index is 0. The Morgan fingerprint density at radius 1 is 0.394 bits per heavy atom. The Labute approximate surface area is 196 Å². The molecular weight excluding hydrogens is 502 g/mol. The number of hydrogen-bond acceptors (Lipinski definition) is 0. The summed E-state index contributed by atoms with van der Waals surface area (Å²) in [6, 6.07) is 22.0. The minimum Gasteiger partial charge on any atom is -0.278 e. The van der Waals surface area contributed by atoms with E-state index in [0.29, 0.717) is 0 Å². The predicted molar refractivity (Wildman–Crippen MR) is 94.2 cm³/mol. The summed E-state index contributed by atoms with van der Waals surface area (Å²) in [6.07, 6.45) is 0. The molecule has 11 heteroatoms. The topological polar surface area (TPSA) is 0 Å². The fourth-order valence-corrected chi connectivity index (χ4v) is 1.63. The van der Waals surface area contributed by atoms with Gasteiger partial charge in [-0.05, 0) is 0 Å². The predicted octanol–water partition coefficient (Wildman–Crippen LogP) is 7.17. The second-order valence-electron chi connectivity index (χ2n) is 5.31. The third kappa shape index (κ3) is 9.67. The standard InChI is InChI=1S/2C6F5.2C5H5.Ti/c2*7-2-1-3(8)5(10)6(11)4(2)9;2*1-2-4-5-3-1;/h;;2*1-5H;/q4*-1;+4. The van der Waals surface area contributed by atoms with Gasteiger partial charge in [-0.2, -0.15) is 36.4 Å². The van der Waals surface area contributed by atoms with Crippen molar-refractivity contribution < 1.29 is 65.6 Å². The fourth-order valence-electron chi connectivity index (χ4n) is 1.63. The van der Waals surface area contributed by atoms with E-state index >= 15 is 0 Å². The van der Waals surface area contributed by atoms with E-state index in [4.69, 9.17) is 0 Å². The van der Waals surface area contributed by atoms with Crippen molar-refractivity contribution in [3.63, 3.8) is 0 Å². The van der Waals surface area contributed by atoms with Gasteiger partial charge in [0.05, 0.1) is 58.2 Å². The molecule has 0 saturated heterocycles. The molecule has 0 N–H and O–H groups in total. The SMILES string of the molecule is Fc1[c-]c(F)c(F)c(F)c1F.Fc1[c-]c(F)c(F)c(F)c1F.[Ti+4].c1cc[cH-]c1.c1cc[cH-]c1. The van der Waals surface area contributed by atoms with E-state index in [-0.39, 0.29) is 21.7 Å². The van der Waals surface area contributed by atoms with E-state index in [1.807, 2.05) is 60.7 Å². The Morgan fingerprint density at radius 2 is 0.606 bits per heavy atom. The molecule has 172 valence electrons. The molecule has 0 aliphatic carbocycles. The van der Waals surface area contributed by atoms with Crippen molar-refractivity contribution in [2.75, 3.05) is 0 Å². The molecule has 0 aliphatic rings. The summed E-state index contributed by atoms with van der Waals surface area (Å²) in [5.74, 6) is -20.1. The molecule has 0 fully saturated rings. The van der Waals surface area contributed by atoms with Gasteiger partial charge in [-0.15, -0.1) is 12.1 Å². The van der Waals surface area contributed by atoms with Crippen LogP contribution in [0.15, 0.2) is 60.7 Å². The molecular formula is C22H10F10Ti. The first-order chi connectivity index (χ1) is 15.1. The van der Waals surface area contributed by atoms with E-state index in [0.717, 1.165) is 12.1 Å². The van der Waals surface area contributed by atoms with Gasteiger partial charge in [-0.3, -0.25) is 17.6 Å². The van der Waals surface area contributed by atoms with Crippen molar-refractivity contribution in [1.29, 1.82) is 0 Å². The molecule has 0 saturated carbocycles. The van der Waals surface area contributed by atoms with E-state index in [9.17, 15) is 43.9 Å². The van der Waals surface area contributed by atoms with Crippen molar-refractivity contribution in [2.24, 2.45) is 0 Å². The van der Waals surface area contributed by atoms with Crippen LogP contribution in [0.4, 0.5) is 43.9 Å². The van der Waals surface area contributed by atoms with Crippen LogP contribution in [-0.2, 0) is 21.7 Å². The van der Waals surface area contributed by atoms with Crippen molar-refractivity contribution in [3.8, 4) is 0 Å². The van der Waals surface area contributed by atoms with Gasteiger partial charge < -0.3 is 0 Å². The van der Waals surface area contributed by atoms with Gasteiger partial charge in [-0.1, -0.05) is 0 Å². The fraction of sp³-hybridized carbons (Fsp3) is 0. The summed E-state index contributed by atoms with van der Waals surface area (Å²) in [5, 5.41) is 0. The van der Waals surface area contributed by atoms with Gasteiger partial charge >= 0.3 is 21.7 Å². The number of rotatable bonds is 0. The Bertz CT molecular complexity index is 903. The molecule has 4 aromatic carbocycles. The molecule has 0 heterocycles. The molecule has 0 unspecified atom stereocenters. The zero-order valence-corrected chi connectivity index (χ0v) is 17.6. The first-order valence-corrected chi connectivity index (χ1v) is 8.22. The Morgan fingerprint density at radius 3 is 0.758 bits per heavy atom. The third-order valence-electron chi connectivity index (χ3n) is 3.09. The van der Waals surface area contributed by atoms with Gasteiger partial charge in [-0.25, -0.2) is 50.6 Å². The maximum Gasteiger partial charge on any atom is 4.00 e. The van der Waals surface area contributed by atoms with Crippen LogP contribution >= 0.6 is 0 Å². The average Bonchev–Trinajstić information content (AvgIpc) is 3.53. The monoisotopic (exact) mass is 512 g/mol. The summed E-state index contributed by atoms with van der Waals surface area (Å²) >= 11 is 0. The zero-order valence-electron chi connectivity index (χ0n) is 16.1. The molecule has 0 spiro atoms. The summed E-state index contributed by atoms with van der Waals surface area (Å²) in [4.78, 5) is 0. The van der Waals surface area contributed by atoms with E-state index < -0.39 is 58.2 Å². The second-order valence-corrected chi connectivity index (χ2v) is 5.31. The van der Waals surface area contributed by atoms with Gasteiger partial charge in [0.15, 0.2) is 0 Å². The zero-order chi connectivity index (χ0) is 24.3. The summed E-state index contributed by atoms with van der Waals surface area (Å²) in [7, 11) is 0. The number of benzene rings is 2. The molecule has 0 bridgehead atoms. The van der Waals surface area contributed by atoms with Crippen molar-refractivity contribution >= 4 is 0 Å². The molecule has 4 aromatic rings. The van der Waals surface area contributed by atoms with Crippen LogP contribution < -0.4 is 0 Å². The largest absolute Gasteiger partial charge is 4.00 e. The molecule has 0 radical (unpaired) electrons.